The van der Waals surface area contributed by atoms with Crippen LogP contribution in [0.2, 0.25) is 0 Å². The van der Waals surface area contributed by atoms with Crippen molar-refractivity contribution in [2.24, 2.45) is 5.73 Å². The minimum atomic E-state index is -3.57. The fraction of sp³-hybridized carbons (Fsp3) is 0.769. The summed E-state index contributed by atoms with van der Waals surface area (Å²) in [4.78, 5) is 4.06. The molecule has 7 heteroatoms. The quantitative estimate of drug-likeness (QED) is 0.855. The standard InChI is InChI=1S/C13H24N4O2S/c1-3-16-9-12(15-11-16)20(18,19)17(4-2)13(10-14)7-5-6-8-13/h9,11H,3-8,10,14H2,1-2H3. The Kier molecular flexibility index (Phi) is 4.51. The van der Waals surface area contributed by atoms with Crippen LogP contribution in [0, 0.1) is 0 Å². The van der Waals surface area contributed by atoms with E-state index in [0.29, 0.717) is 19.6 Å². The Morgan fingerprint density at radius 3 is 2.50 bits per heavy atom. The van der Waals surface area contributed by atoms with Gasteiger partial charge in [0.2, 0.25) is 0 Å². The number of likely N-dealkylation sites (N-methyl/N-ethyl adjacent to an activating group) is 1. The molecule has 2 rings (SSSR count). The molecule has 0 spiro atoms. The lowest BCUT2D eigenvalue weighted by atomic mass is 9.98. The molecule has 0 amide bonds. The molecule has 1 aliphatic rings. The monoisotopic (exact) mass is 300 g/mol. The summed E-state index contributed by atoms with van der Waals surface area (Å²) >= 11 is 0. The van der Waals surface area contributed by atoms with E-state index in [1.165, 1.54) is 0 Å². The van der Waals surface area contributed by atoms with Crippen molar-refractivity contribution in [1.82, 2.24) is 13.9 Å². The lowest BCUT2D eigenvalue weighted by Gasteiger charge is -2.38. The van der Waals surface area contributed by atoms with Crippen LogP contribution in [0.15, 0.2) is 17.6 Å². The Labute approximate surface area is 121 Å². The van der Waals surface area contributed by atoms with Crippen molar-refractivity contribution >= 4 is 10.0 Å². The largest absolute Gasteiger partial charge is 0.336 e. The molecular formula is C13H24N4O2S. The highest BCUT2D eigenvalue weighted by Gasteiger charge is 2.44. The van der Waals surface area contributed by atoms with E-state index in [1.54, 1.807) is 21.4 Å². The van der Waals surface area contributed by atoms with E-state index in [1.807, 2.05) is 13.8 Å². The van der Waals surface area contributed by atoms with Crippen LogP contribution in [0.5, 0.6) is 0 Å². The third-order valence-corrected chi connectivity index (χ3v) is 6.22. The zero-order valence-corrected chi connectivity index (χ0v) is 13.1. The average molecular weight is 300 g/mol. The van der Waals surface area contributed by atoms with Crippen molar-refractivity contribution in [1.29, 1.82) is 0 Å². The number of nitrogens with two attached hydrogens (primary N) is 1. The van der Waals surface area contributed by atoms with E-state index in [2.05, 4.69) is 4.98 Å². The number of aryl methyl sites for hydroxylation is 1. The van der Waals surface area contributed by atoms with Crippen LogP contribution < -0.4 is 5.73 Å². The Bertz CT molecular complexity index is 546. The average Bonchev–Trinajstić information content (AvgIpc) is 3.09. The van der Waals surface area contributed by atoms with Crippen LogP contribution in [0.25, 0.3) is 0 Å². The molecule has 1 aliphatic carbocycles. The highest BCUT2D eigenvalue weighted by atomic mass is 32.2. The Morgan fingerprint density at radius 2 is 2.05 bits per heavy atom. The first-order chi connectivity index (χ1) is 9.50. The van der Waals surface area contributed by atoms with Crippen LogP contribution in [0.1, 0.15) is 39.5 Å². The van der Waals surface area contributed by atoms with Gasteiger partial charge in [-0.25, -0.2) is 13.4 Å². The Morgan fingerprint density at radius 1 is 1.40 bits per heavy atom. The second kappa shape index (κ2) is 5.83. The van der Waals surface area contributed by atoms with Gasteiger partial charge in [0.1, 0.15) is 0 Å². The maximum atomic E-state index is 12.8. The Hall–Kier alpha value is -0.920. The molecule has 6 nitrogen and oxygen atoms in total. The second-order valence-corrected chi connectivity index (χ2v) is 7.16. The van der Waals surface area contributed by atoms with Crippen LogP contribution in [0.4, 0.5) is 0 Å². The minimum absolute atomic E-state index is 0.126. The highest BCUT2D eigenvalue weighted by molar-refractivity contribution is 7.89. The van der Waals surface area contributed by atoms with Gasteiger partial charge < -0.3 is 10.3 Å². The van der Waals surface area contributed by atoms with Gasteiger partial charge in [-0.1, -0.05) is 19.8 Å². The molecule has 1 saturated carbocycles. The maximum Gasteiger partial charge on any atom is 0.262 e. The van der Waals surface area contributed by atoms with Crippen LogP contribution in [-0.4, -0.2) is 40.9 Å². The first-order valence-corrected chi connectivity index (χ1v) is 8.69. The lowest BCUT2D eigenvalue weighted by Crippen LogP contribution is -2.54. The van der Waals surface area contributed by atoms with Crippen molar-refractivity contribution in [2.45, 2.75) is 56.6 Å². The fourth-order valence-electron chi connectivity index (χ4n) is 3.11. The third kappa shape index (κ3) is 2.49. The van der Waals surface area contributed by atoms with Gasteiger partial charge in [0.05, 0.1) is 6.33 Å². The summed E-state index contributed by atoms with van der Waals surface area (Å²) in [7, 11) is -3.57. The normalized spacial score (nSPS) is 18.8. The van der Waals surface area contributed by atoms with Crippen molar-refractivity contribution < 1.29 is 8.42 Å². The second-order valence-electron chi connectivity index (χ2n) is 5.35. The van der Waals surface area contributed by atoms with Gasteiger partial charge in [0, 0.05) is 31.4 Å². The molecule has 114 valence electrons. The summed E-state index contributed by atoms with van der Waals surface area (Å²) < 4.78 is 29.0. The molecule has 0 atom stereocenters. The van der Waals surface area contributed by atoms with Gasteiger partial charge in [0.15, 0.2) is 5.03 Å². The molecule has 0 radical (unpaired) electrons. The first kappa shape index (κ1) is 15.5. The summed E-state index contributed by atoms with van der Waals surface area (Å²) in [5.41, 5.74) is 5.49. The topological polar surface area (TPSA) is 81.2 Å². The number of nitrogens with zero attached hydrogens (tertiary/aromatic N) is 3. The predicted octanol–water partition coefficient (Wildman–Crippen LogP) is 1.19. The van der Waals surface area contributed by atoms with Gasteiger partial charge in [-0.3, -0.25) is 0 Å². The summed E-state index contributed by atoms with van der Waals surface area (Å²) in [6.45, 7) is 5.32. The highest BCUT2D eigenvalue weighted by Crippen LogP contribution is 2.37. The zero-order chi connectivity index (χ0) is 14.8. The summed E-state index contributed by atoms with van der Waals surface area (Å²) in [5, 5.41) is 0.126. The van der Waals surface area contributed by atoms with E-state index >= 15 is 0 Å². The van der Waals surface area contributed by atoms with Crippen molar-refractivity contribution in [2.75, 3.05) is 13.1 Å². The first-order valence-electron chi connectivity index (χ1n) is 7.25. The van der Waals surface area contributed by atoms with E-state index < -0.39 is 15.6 Å². The number of hydrogen-bond donors (Lipinski definition) is 1. The third-order valence-electron chi connectivity index (χ3n) is 4.26. The van der Waals surface area contributed by atoms with E-state index in [9.17, 15) is 8.42 Å². The van der Waals surface area contributed by atoms with Gasteiger partial charge in [-0.15, -0.1) is 0 Å². The van der Waals surface area contributed by atoms with Gasteiger partial charge >= 0.3 is 0 Å². The van der Waals surface area contributed by atoms with E-state index in [0.717, 1.165) is 25.7 Å². The fourth-order valence-corrected chi connectivity index (χ4v) is 4.89. The van der Waals surface area contributed by atoms with Crippen molar-refractivity contribution in [3.63, 3.8) is 0 Å². The number of imidazole rings is 1. The molecule has 2 N–H and O–H groups in total. The smallest absolute Gasteiger partial charge is 0.262 e. The SMILES string of the molecule is CCN(C1(CN)CCCC1)S(=O)(=O)c1cn(CC)cn1. The number of hydrogen-bond acceptors (Lipinski definition) is 4. The lowest BCUT2D eigenvalue weighted by molar-refractivity contribution is 0.204. The van der Waals surface area contributed by atoms with Crippen LogP contribution in [-0.2, 0) is 16.6 Å². The van der Waals surface area contributed by atoms with Gasteiger partial charge in [0.25, 0.3) is 10.0 Å². The zero-order valence-electron chi connectivity index (χ0n) is 12.2. The van der Waals surface area contributed by atoms with E-state index in [4.69, 9.17) is 5.73 Å². The summed E-state index contributed by atoms with van der Waals surface area (Å²) in [6, 6.07) is 0. The molecule has 0 unspecified atom stereocenters. The molecular weight excluding hydrogens is 276 g/mol. The van der Waals surface area contributed by atoms with Gasteiger partial charge in [-0.2, -0.15) is 4.31 Å². The molecule has 0 aromatic carbocycles. The van der Waals surface area contributed by atoms with Crippen molar-refractivity contribution in [3.05, 3.63) is 12.5 Å². The molecule has 1 aromatic heterocycles. The summed E-state index contributed by atoms with van der Waals surface area (Å²) in [5.74, 6) is 0. The molecule has 0 bridgehead atoms. The molecule has 1 fully saturated rings. The van der Waals surface area contributed by atoms with E-state index in [-0.39, 0.29) is 5.03 Å². The van der Waals surface area contributed by atoms with Crippen LogP contribution >= 0.6 is 0 Å². The number of rotatable bonds is 6. The predicted molar refractivity (Wildman–Crippen MR) is 77.7 cm³/mol. The Balaban J connectivity index is 2.39. The number of aromatic nitrogens is 2. The maximum absolute atomic E-state index is 12.8. The van der Waals surface area contributed by atoms with Crippen molar-refractivity contribution in [3.8, 4) is 0 Å². The summed E-state index contributed by atoms with van der Waals surface area (Å²) in [6.07, 6.45) is 6.90. The number of sulfonamides is 1. The molecule has 0 aliphatic heterocycles. The van der Waals surface area contributed by atoms with Crippen LogP contribution in [0.3, 0.4) is 0 Å². The molecule has 1 aromatic rings. The molecule has 0 saturated heterocycles. The minimum Gasteiger partial charge on any atom is -0.336 e. The molecule has 1 heterocycles. The molecule has 20 heavy (non-hydrogen) atoms. The van der Waals surface area contributed by atoms with Gasteiger partial charge in [-0.05, 0) is 19.8 Å².